The van der Waals surface area contributed by atoms with Crippen molar-refractivity contribution in [2.24, 2.45) is 0 Å². The number of rotatable bonds is 2. The monoisotopic (exact) mass is 176 g/mol. The highest BCUT2D eigenvalue weighted by molar-refractivity contribution is 5.59. The minimum atomic E-state index is -0.697. The van der Waals surface area contributed by atoms with Gasteiger partial charge in [0.25, 0.3) is 0 Å². The molecular weight excluding hydrogens is 164 g/mol. The van der Waals surface area contributed by atoms with Crippen LogP contribution in [0.4, 0.5) is 4.79 Å². The summed E-state index contributed by atoms with van der Waals surface area (Å²) >= 11 is 0. The first-order valence-electron chi connectivity index (χ1n) is 3.68. The van der Waals surface area contributed by atoms with Crippen molar-refractivity contribution in [2.75, 3.05) is 20.5 Å². The van der Waals surface area contributed by atoms with Crippen LogP contribution in [0.3, 0.4) is 0 Å². The van der Waals surface area contributed by atoms with Crippen LogP contribution in [0.2, 0.25) is 0 Å². The van der Waals surface area contributed by atoms with Gasteiger partial charge in [0.15, 0.2) is 0 Å². The third-order valence-electron chi connectivity index (χ3n) is 1.67. The number of ether oxygens (including phenoxy) is 4. The number of hydrogen-bond donors (Lipinski definition) is 0. The molecule has 1 saturated heterocycles. The third-order valence-corrected chi connectivity index (χ3v) is 1.67. The SMILES string of the molecule is COC(=O)OCC1OCOC1C. The molecule has 0 saturated carbocycles. The summed E-state index contributed by atoms with van der Waals surface area (Å²) in [6, 6.07) is 0. The number of hydrogen-bond acceptors (Lipinski definition) is 5. The molecule has 12 heavy (non-hydrogen) atoms. The molecule has 5 nitrogen and oxygen atoms in total. The van der Waals surface area contributed by atoms with E-state index in [1.165, 1.54) is 7.11 Å². The lowest BCUT2D eigenvalue weighted by molar-refractivity contribution is 0.00620. The van der Waals surface area contributed by atoms with Gasteiger partial charge in [-0.15, -0.1) is 0 Å². The maximum absolute atomic E-state index is 10.5. The molecule has 0 aromatic rings. The van der Waals surface area contributed by atoms with Crippen LogP contribution in [0.15, 0.2) is 0 Å². The fourth-order valence-electron chi connectivity index (χ4n) is 0.870. The zero-order valence-electron chi connectivity index (χ0n) is 7.11. The Kier molecular flexibility index (Phi) is 3.31. The predicted octanol–water partition coefficient (Wildman–Crippen LogP) is 0.531. The Balaban J connectivity index is 2.18. The second kappa shape index (κ2) is 4.27. The van der Waals surface area contributed by atoms with E-state index in [4.69, 9.17) is 9.47 Å². The van der Waals surface area contributed by atoms with Gasteiger partial charge >= 0.3 is 6.16 Å². The molecule has 0 aromatic carbocycles. The first-order valence-corrected chi connectivity index (χ1v) is 3.68. The molecule has 1 aliphatic rings. The molecule has 1 aliphatic heterocycles. The fraction of sp³-hybridized carbons (Fsp3) is 0.857. The Morgan fingerprint density at radius 2 is 2.33 bits per heavy atom. The fourth-order valence-corrected chi connectivity index (χ4v) is 0.870. The lowest BCUT2D eigenvalue weighted by Crippen LogP contribution is -2.26. The number of carbonyl (C=O) groups is 1. The second-order valence-corrected chi connectivity index (χ2v) is 2.46. The summed E-state index contributed by atoms with van der Waals surface area (Å²) in [4.78, 5) is 10.5. The maximum Gasteiger partial charge on any atom is 0.508 e. The highest BCUT2D eigenvalue weighted by Crippen LogP contribution is 2.12. The van der Waals surface area contributed by atoms with Gasteiger partial charge < -0.3 is 18.9 Å². The Morgan fingerprint density at radius 3 is 2.83 bits per heavy atom. The minimum Gasteiger partial charge on any atom is -0.438 e. The molecular formula is C7H12O5. The van der Waals surface area contributed by atoms with Crippen LogP contribution in [0.1, 0.15) is 6.92 Å². The molecule has 0 aromatic heterocycles. The van der Waals surface area contributed by atoms with Gasteiger partial charge in [-0.25, -0.2) is 4.79 Å². The van der Waals surface area contributed by atoms with Crippen LogP contribution in [0.25, 0.3) is 0 Å². The van der Waals surface area contributed by atoms with Crippen molar-refractivity contribution in [3.8, 4) is 0 Å². The molecule has 0 N–H and O–H groups in total. The average molecular weight is 176 g/mol. The Labute approximate surface area is 70.5 Å². The van der Waals surface area contributed by atoms with Gasteiger partial charge in [0.05, 0.1) is 13.2 Å². The van der Waals surface area contributed by atoms with Crippen LogP contribution < -0.4 is 0 Å². The molecule has 70 valence electrons. The molecule has 2 atom stereocenters. The Hall–Kier alpha value is -0.810. The largest absolute Gasteiger partial charge is 0.508 e. The van der Waals surface area contributed by atoms with E-state index in [2.05, 4.69) is 9.47 Å². The first-order chi connectivity index (χ1) is 5.74. The summed E-state index contributed by atoms with van der Waals surface area (Å²) in [7, 11) is 1.26. The topological polar surface area (TPSA) is 54.0 Å². The zero-order chi connectivity index (χ0) is 8.97. The minimum absolute atomic E-state index is 0.0327. The molecule has 0 amide bonds. The van der Waals surface area contributed by atoms with E-state index in [1.54, 1.807) is 0 Å². The number of carbonyl (C=O) groups excluding carboxylic acids is 1. The second-order valence-electron chi connectivity index (χ2n) is 2.46. The van der Waals surface area contributed by atoms with Crippen molar-refractivity contribution in [3.63, 3.8) is 0 Å². The third kappa shape index (κ3) is 2.35. The van der Waals surface area contributed by atoms with Crippen molar-refractivity contribution in [3.05, 3.63) is 0 Å². The molecule has 2 unspecified atom stereocenters. The quantitative estimate of drug-likeness (QED) is 0.574. The number of methoxy groups -OCH3 is 1. The van der Waals surface area contributed by atoms with E-state index >= 15 is 0 Å². The van der Waals surface area contributed by atoms with Crippen molar-refractivity contribution < 1.29 is 23.7 Å². The van der Waals surface area contributed by atoms with Crippen molar-refractivity contribution in [2.45, 2.75) is 19.1 Å². The molecule has 0 radical (unpaired) electrons. The molecule has 1 rings (SSSR count). The molecule has 5 heteroatoms. The van der Waals surface area contributed by atoms with Gasteiger partial charge in [0.2, 0.25) is 0 Å². The molecule has 1 heterocycles. The van der Waals surface area contributed by atoms with E-state index in [0.29, 0.717) is 0 Å². The maximum atomic E-state index is 10.5. The highest BCUT2D eigenvalue weighted by atomic mass is 16.7. The van der Waals surface area contributed by atoms with Gasteiger partial charge in [0.1, 0.15) is 19.5 Å². The van der Waals surface area contributed by atoms with Gasteiger partial charge in [-0.05, 0) is 6.92 Å². The molecule has 0 bridgehead atoms. The lowest BCUT2D eigenvalue weighted by atomic mass is 10.2. The van der Waals surface area contributed by atoms with Crippen molar-refractivity contribution in [1.82, 2.24) is 0 Å². The summed E-state index contributed by atoms with van der Waals surface area (Å²) in [5, 5.41) is 0. The average Bonchev–Trinajstić information content (AvgIpc) is 2.47. The van der Waals surface area contributed by atoms with Crippen LogP contribution in [0, 0.1) is 0 Å². The molecule has 0 aliphatic carbocycles. The van der Waals surface area contributed by atoms with E-state index in [1.807, 2.05) is 6.92 Å². The van der Waals surface area contributed by atoms with E-state index < -0.39 is 6.16 Å². The smallest absolute Gasteiger partial charge is 0.438 e. The van der Waals surface area contributed by atoms with Crippen LogP contribution in [-0.4, -0.2) is 38.9 Å². The molecule has 1 fully saturated rings. The highest BCUT2D eigenvalue weighted by Gasteiger charge is 2.26. The Bertz CT molecular complexity index is 158. The lowest BCUT2D eigenvalue weighted by Gasteiger charge is -2.11. The summed E-state index contributed by atoms with van der Waals surface area (Å²) in [5.74, 6) is 0. The molecule has 0 spiro atoms. The normalized spacial score (nSPS) is 28.5. The van der Waals surface area contributed by atoms with Crippen molar-refractivity contribution in [1.29, 1.82) is 0 Å². The van der Waals surface area contributed by atoms with Crippen molar-refractivity contribution >= 4 is 6.16 Å². The standard InChI is InChI=1S/C7H12O5/c1-5-6(12-4-11-5)3-10-7(8)9-2/h5-6H,3-4H2,1-2H3. The first kappa shape index (κ1) is 9.28. The van der Waals surface area contributed by atoms with Gasteiger partial charge in [-0.2, -0.15) is 0 Å². The summed E-state index contributed by atoms with van der Waals surface area (Å²) < 4.78 is 19.1. The van der Waals surface area contributed by atoms with Gasteiger partial charge in [-0.1, -0.05) is 0 Å². The summed E-state index contributed by atoms with van der Waals surface area (Å²) in [6.45, 7) is 2.29. The summed E-state index contributed by atoms with van der Waals surface area (Å²) in [5.41, 5.74) is 0. The zero-order valence-corrected chi connectivity index (χ0v) is 7.11. The van der Waals surface area contributed by atoms with Gasteiger partial charge in [-0.3, -0.25) is 0 Å². The summed E-state index contributed by atoms with van der Waals surface area (Å²) in [6.07, 6.45) is -0.906. The van der Waals surface area contributed by atoms with Crippen LogP contribution >= 0.6 is 0 Å². The van der Waals surface area contributed by atoms with E-state index in [-0.39, 0.29) is 25.6 Å². The predicted molar refractivity (Wildman–Crippen MR) is 38.6 cm³/mol. The van der Waals surface area contributed by atoms with Crippen LogP contribution in [-0.2, 0) is 18.9 Å². The van der Waals surface area contributed by atoms with E-state index in [0.717, 1.165) is 0 Å². The van der Waals surface area contributed by atoms with Gasteiger partial charge in [0, 0.05) is 0 Å². The van der Waals surface area contributed by atoms with Crippen LogP contribution in [0.5, 0.6) is 0 Å². The van der Waals surface area contributed by atoms with E-state index in [9.17, 15) is 4.79 Å². The Morgan fingerprint density at radius 1 is 1.58 bits per heavy atom.